The van der Waals surface area contributed by atoms with Crippen LogP contribution in [0.5, 0.6) is 5.75 Å². The first-order valence-electron chi connectivity index (χ1n) is 8.61. The highest BCUT2D eigenvalue weighted by Crippen LogP contribution is 2.31. The number of ether oxygens (including phenoxy) is 1. The van der Waals surface area contributed by atoms with Gasteiger partial charge in [0.1, 0.15) is 12.4 Å². The molecule has 1 heteroatoms. The quantitative estimate of drug-likeness (QED) is 0.437. The largest absolute Gasteiger partial charge is 0.489 e. The van der Waals surface area contributed by atoms with Gasteiger partial charge in [-0.05, 0) is 28.0 Å². The molecular weight excluding hydrogens is 304 g/mol. The summed E-state index contributed by atoms with van der Waals surface area (Å²) in [5.41, 5.74) is 3.73. The van der Waals surface area contributed by atoms with Crippen molar-refractivity contribution in [2.45, 2.75) is 13.0 Å². The first kappa shape index (κ1) is 15.5. The van der Waals surface area contributed by atoms with Gasteiger partial charge in [-0.3, -0.25) is 0 Å². The highest BCUT2D eigenvalue weighted by molar-refractivity contribution is 5.88. The van der Waals surface area contributed by atoms with E-state index in [1.807, 2.05) is 18.2 Å². The Balaban J connectivity index is 1.71. The van der Waals surface area contributed by atoms with Crippen molar-refractivity contribution in [2.75, 3.05) is 0 Å². The van der Waals surface area contributed by atoms with Crippen LogP contribution in [0.1, 0.15) is 16.7 Å². The van der Waals surface area contributed by atoms with Crippen LogP contribution < -0.4 is 4.74 Å². The lowest BCUT2D eigenvalue weighted by Gasteiger charge is -2.15. The Labute approximate surface area is 148 Å². The van der Waals surface area contributed by atoms with Gasteiger partial charge in [-0.1, -0.05) is 91.0 Å². The van der Waals surface area contributed by atoms with Crippen LogP contribution >= 0.6 is 0 Å². The molecule has 0 aliphatic heterocycles. The van der Waals surface area contributed by atoms with Crippen LogP contribution in [0.15, 0.2) is 97.1 Å². The van der Waals surface area contributed by atoms with Crippen LogP contribution in [0.3, 0.4) is 0 Å². The van der Waals surface area contributed by atoms with E-state index in [0.29, 0.717) is 6.61 Å². The molecular formula is C24H20O. The zero-order chi connectivity index (χ0) is 16.9. The molecule has 0 aliphatic rings. The van der Waals surface area contributed by atoms with Gasteiger partial charge < -0.3 is 4.74 Å². The lowest BCUT2D eigenvalue weighted by molar-refractivity contribution is 0.304. The second-order valence-electron chi connectivity index (χ2n) is 6.20. The maximum Gasteiger partial charge on any atom is 0.123 e. The second kappa shape index (κ2) is 7.23. The molecule has 0 fully saturated rings. The summed E-state index contributed by atoms with van der Waals surface area (Å²) in [6, 6.07) is 33.6. The number of hydrogen-bond acceptors (Lipinski definition) is 1. The van der Waals surface area contributed by atoms with Gasteiger partial charge in [-0.15, -0.1) is 0 Å². The third-order valence-electron chi connectivity index (χ3n) is 4.46. The predicted molar refractivity (Wildman–Crippen MR) is 104 cm³/mol. The van der Waals surface area contributed by atoms with Crippen LogP contribution in [0.4, 0.5) is 0 Å². The lowest BCUT2D eigenvalue weighted by atomic mass is 9.97. The van der Waals surface area contributed by atoms with E-state index in [9.17, 15) is 0 Å². The van der Waals surface area contributed by atoms with Crippen molar-refractivity contribution in [3.63, 3.8) is 0 Å². The van der Waals surface area contributed by atoms with Gasteiger partial charge in [0.2, 0.25) is 0 Å². The first-order chi connectivity index (χ1) is 12.4. The van der Waals surface area contributed by atoms with Crippen molar-refractivity contribution >= 4 is 10.8 Å². The zero-order valence-electron chi connectivity index (χ0n) is 14.1. The summed E-state index contributed by atoms with van der Waals surface area (Å²) in [5, 5.41) is 2.51. The maximum absolute atomic E-state index is 6.20. The maximum atomic E-state index is 6.20. The molecule has 0 unspecified atom stereocenters. The van der Waals surface area contributed by atoms with Gasteiger partial charge >= 0.3 is 0 Å². The fourth-order valence-electron chi connectivity index (χ4n) is 3.17. The fourth-order valence-corrected chi connectivity index (χ4v) is 3.17. The zero-order valence-corrected chi connectivity index (χ0v) is 14.1. The van der Waals surface area contributed by atoms with E-state index < -0.39 is 0 Å². The molecule has 0 saturated heterocycles. The minimum absolute atomic E-state index is 0.584. The summed E-state index contributed by atoms with van der Waals surface area (Å²) < 4.78 is 6.20. The van der Waals surface area contributed by atoms with Crippen LogP contribution in [0.25, 0.3) is 10.8 Å². The SMILES string of the molecule is c1ccc(COc2ccc3ccccc3c2Cc2ccccc2)cc1. The van der Waals surface area contributed by atoms with Crippen LogP contribution in [-0.4, -0.2) is 0 Å². The van der Waals surface area contributed by atoms with Gasteiger partial charge in [0.05, 0.1) is 0 Å². The van der Waals surface area contributed by atoms with Crippen LogP contribution in [-0.2, 0) is 13.0 Å². The molecule has 0 saturated carbocycles. The minimum Gasteiger partial charge on any atom is -0.489 e. The van der Waals surface area contributed by atoms with Crippen molar-refractivity contribution < 1.29 is 4.74 Å². The van der Waals surface area contributed by atoms with Gasteiger partial charge in [-0.25, -0.2) is 0 Å². The van der Waals surface area contributed by atoms with E-state index in [2.05, 4.69) is 78.9 Å². The summed E-state index contributed by atoms with van der Waals surface area (Å²) in [5.74, 6) is 0.964. The predicted octanol–water partition coefficient (Wildman–Crippen LogP) is 6.01. The molecule has 0 aromatic heterocycles. The van der Waals surface area contributed by atoms with Crippen molar-refractivity contribution in [3.8, 4) is 5.75 Å². The van der Waals surface area contributed by atoms with Crippen LogP contribution in [0, 0.1) is 0 Å². The summed E-state index contributed by atoms with van der Waals surface area (Å²) in [6.07, 6.45) is 0.867. The van der Waals surface area contributed by atoms with E-state index in [1.54, 1.807) is 0 Å². The van der Waals surface area contributed by atoms with Crippen molar-refractivity contribution in [1.82, 2.24) is 0 Å². The molecule has 0 aliphatic carbocycles. The highest BCUT2D eigenvalue weighted by Gasteiger charge is 2.10. The average molecular weight is 324 g/mol. The highest BCUT2D eigenvalue weighted by atomic mass is 16.5. The molecule has 4 aromatic carbocycles. The Morgan fingerprint density at radius 2 is 1.20 bits per heavy atom. The Bertz CT molecular complexity index is 959. The van der Waals surface area contributed by atoms with Crippen LogP contribution in [0.2, 0.25) is 0 Å². The van der Waals surface area contributed by atoms with E-state index in [4.69, 9.17) is 4.74 Å². The standard InChI is InChI=1S/C24H20O/c1-3-9-19(10-4-1)17-23-22-14-8-7-13-21(22)15-16-24(23)25-18-20-11-5-2-6-12-20/h1-16H,17-18H2. The summed E-state index contributed by atoms with van der Waals surface area (Å²) in [4.78, 5) is 0. The Hall–Kier alpha value is -3.06. The Morgan fingerprint density at radius 1 is 0.560 bits per heavy atom. The molecule has 0 spiro atoms. The lowest BCUT2D eigenvalue weighted by Crippen LogP contribution is -2.00. The van der Waals surface area contributed by atoms with Gasteiger partial charge in [0.15, 0.2) is 0 Å². The van der Waals surface area contributed by atoms with Gasteiger partial charge in [0, 0.05) is 12.0 Å². The molecule has 25 heavy (non-hydrogen) atoms. The normalized spacial score (nSPS) is 10.7. The number of benzene rings is 4. The van der Waals surface area contributed by atoms with E-state index >= 15 is 0 Å². The fraction of sp³-hybridized carbons (Fsp3) is 0.0833. The van der Waals surface area contributed by atoms with Crippen molar-refractivity contribution in [2.24, 2.45) is 0 Å². The molecule has 0 N–H and O–H groups in total. The molecule has 1 nitrogen and oxygen atoms in total. The molecule has 0 amide bonds. The first-order valence-corrected chi connectivity index (χ1v) is 8.61. The molecule has 0 heterocycles. The third-order valence-corrected chi connectivity index (χ3v) is 4.46. The van der Waals surface area contributed by atoms with E-state index in [-0.39, 0.29) is 0 Å². The molecule has 0 bridgehead atoms. The van der Waals surface area contributed by atoms with Gasteiger partial charge in [0.25, 0.3) is 0 Å². The average Bonchev–Trinajstić information content (AvgIpc) is 2.69. The second-order valence-corrected chi connectivity index (χ2v) is 6.20. The monoisotopic (exact) mass is 324 g/mol. The molecule has 122 valence electrons. The van der Waals surface area contributed by atoms with E-state index in [1.165, 1.54) is 27.5 Å². The number of fused-ring (bicyclic) bond motifs is 1. The molecule has 0 atom stereocenters. The Kier molecular flexibility index (Phi) is 4.47. The minimum atomic E-state index is 0.584. The summed E-state index contributed by atoms with van der Waals surface area (Å²) in [7, 11) is 0. The van der Waals surface area contributed by atoms with E-state index in [0.717, 1.165) is 12.2 Å². The molecule has 0 radical (unpaired) electrons. The summed E-state index contributed by atoms with van der Waals surface area (Å²) in [6.45, 7) is 0.584. The third kappa shape index (κ3) is 3.56. The smallest absolute Gasteiger partial charge is 0.123 e. The van der Waals surface area contributed by atoms with Gasteiger partial charge in [-0.2, -0.15) is 0 Å². The topological polar surface area (TPSA) is 9.23 Å². The van der Waals surface area contributed by atoms with Crippen molar-refractivity contribution in [3.05, 3.63) is 114 Å². The van der Waals surface area contributed by atoms with Crippen molar-refractivity contribution in [1.29, 1.82) is 0 Å². The number of rotatable bonds is 5. The number of hydrogen-bond donors (Lipinski definition) is 0. The molecule has 4 aromatic rings. The summed E-state index contributed by atoms with van der Waals surface area (Å²) >= 11 is 0. The Morgan fingerprint density at radius 3 is 1.96 bits per heavy atom. The molecule has 4 rings (SSSR count).